The Labute approximate surface area is 146 Å². The predicted molar refractivity (Wildman–Crippen MR) is 84.9 cm³/mol. The van der Waals surface area contributed by atoms with Crippen molar-refractivity contribution < 1.29 is 28.8 Å². The van der Waals surface area contributed by atoms with E-state index in [2.05, 4.69) is 20.3 Å². The van der Waals surface area contributed by atoms with Crippen molar-refractivity contribution in [1.82, 2.24) is 20.3 Å². The van der Waals surface area contributed by atoms with Gasteiger partial charge in [-0.2, -0.15) is 9.97 Å². The zero-order valence-corrected chi connectivity index (χ0v) is 13.5. The fourth-order valence-corrected chi connectivity index (χ4v) is 2.17. The van der Waals surface area contributed by atoms with Crippen molar-refractivity contribution in [2.24, 2.45) is 0 Å². The number of carboxylic acid groups (broad SMARTS) is 2. The third kappa shape index (κ3) is 4.29. The van der Waals surface area contributed by atoms with E-state index in [9.17, 15) is 9.59 Å². The fraction of sp³-hybridized carbons (Fsp3) is 0.250. The molecule has 0 spiro atoms. The van der Waals surface area contributed by atoms with Crippen LogP contribution >= 0.6 is 0 Å². The van der Waals surface area contributed by atoms with Crippen molar-refractivity contribution in [1.29, 1.82) is 0 Å². The molecule has 0 radical (unpaired) electrons. The van der Waals surface area contributed by atoms with Crippen LogP contribution in [0.3, 0.4) is 0 Å². The van der Waals surface area contributed by atoms with Gasteiger partial charge in [0.25, 0.3) is 0 Å². The lowest BCUT2D eigenvalue weighted by Crippen LogP contribution is -1.97. The fourth-order valence-electron chi connectivity index (χ4n) is 2.17. The Kier molecular flexibility index (Phi) is 5.02. The topological polar surface area (TPSA) is 152 Å². The average molecular weight is 358 g/mol. The van der Waals surface area contributed by atoms with E-state index >= 15 is 0 Å². The zero-order chi connectivity index (χ0) is 18.5. The monoisotopic (exact) mass is 358 g/mol. The quantitative estimate of drug-likeness (QED) is 0.609. The summed E-state index contributed by atoms with van der Waals surface area (Å²) in [4.78, 5) is 29.5. The Morgan fingerprint density at radius 1 is 0.846 bits per heavy atom. The highest BCUT2D eigenvalue weighted by molar-refractivity contribution is 5.68. The normalized spacial score (nSPS) is 10.8. The van der Waals surface area contributed by atoms with Gasteiger partial charge in [0.2, 0.25) is 23.4 Å². The van der Waals surface area contributed by atoms with Crippen LogP contribution in [0.5, 0.6) is 0 Å². The SMILES string of the molecule is O=C(O)CCc1nc(-c2cccc(-c3noc(CCC(=O)O)n3)c2)no1. The van der Waals surface area contributed by atoms with E-state index in [4.69, 9.17) is 19.3 Å². The van der Waals surface area contributed by atoms with Crippen LogP contribution in [0.25, 0.3) is 22.8 Å². The lowest BCUT2D eigenvalue weighted by Gasteiger charge is -1.97. The summed E-state index contributed by atoms with van der Waals surface area (Å²) in [6.45, 7) is 0. The average Bonchev–Trinajstić information content (AvgIpc) is 3.28. The highest BCUT2D eigenvalue weighted by Crippen LogP contribution is 2.23. The predicted octanol–water partition coefficient (Wildman–Crippen LogP) is 1.82. The largest absolute Gasteiger partial charge is 0.481 e. The Morgan fingerprint density at radius 3 is 1.73 bits per heavy atom. The summed E-state index contributed by atoms with van der Waals surface area (Å²) in [6.07, 6.45) is 0.118. The van der Waals surface area contributed by atoms with Gasteiger partial charge in [0.05, 0.1) is 12.8 Å². The van der Waals surface area contributed by atoms with Crippen LogP contribution in [-0.2, 0) is 22.4 Å². The minimum absolute atomic E-state index is 0.0936. The molecule has 0 bridgehead atoms. The van der Waals surface area contributed by atoms with Crippen molar-refractivity contribution in [2.75, 3.05) is 0 Å². The molecule has 0 saturated heterocycles. The maximum Gasteiger partial charge on any atom is 0.303 e. The van der Waals surface area contributed by atoms with E-state index < -0.39 is 11.9 Å². The van der Waals surface area contributed by atoms with Crippen LogP contribution in [0.2, 0.25) is 0 Å². The van der Waals surface area contributed by atoms with Crippen molar-refractivity contribution in [2.45, 2.75) is 25.7 Å². The summed E-state index contributed by atoms with van der Waals surface area (Å²) >= 11 is 0. The van der Waals surface area contributed by atoms with E-state index in [-0.39, 0.29) is 37.5 Å². The molecule has 0 aliphatic heterocycles. The first-order valence-corrected chi connectivity index (χ1v) is 7.71. The Hall–Kier alpha value is -3.56. The molecule has 0 saturated carbocycles. The van der Waals surface area contributed by atoms with Crippen LogP contribution in [0.4, 0.5) is 0 Å². The molecule has 0 aliphatic carbocycles. The Morgan fingerprint density at radius 2 is 1.31 bits per heavy atom. The number of rotatable bonds is 8. The standard InChI is InChI=1S/C16H14N4O6/c21-13(22)6-4-11-17-15(19-25-11)9-2-1-3-10(8-9)16-18-12(26-20-16)5-7-14(23)24/h1-3,8H,4-7H2,(H,21,22)(H,23,24). The molecule has 3 rings (SSSR count). The van der Waals surface area contributed by atoms with E-state index in [1.54, 1.807) is 24.3 Å². The van der Waals surface area contributed by atoms with Gasteiger partial charge < -0.3 is 19.3 Å². The Bertz CT molecular complexity index is 861. The molecule has 10 heteroatoms. The molecular weight excluding hydrogens is 344 g/mol. The number of benzene rings is 1. The second kappa shape index (κ2) is 7.55. The van der Waals surface area contributed by atoms with Crippen LogP contribution in [-0.4, -0.2) is 42.4 Å². The lowest BCUT2D eigenvalue weighted by molar-refractivity contribution is -0.138. The van der Waals surface area contributed by atoms with Gasteiger partial charge in [0.15, 0.2) is 0 Å². The van der Waals surface area contributed by atoms with Gasteiger partial charge in [-0.25, -0.2) is 0 Å². The summed E-state index contributed by atoms with van der Waals surface area (Å²) in [5, 5.41) is 25.1. The minimum Gasteiger partial charge on any atom is -0.481 e. The van der Waals surface area contributed by atoms with Gasteiger partial charge in [0, 0.05) is 24.0 Å². The number of nitrogens with zero attached hydrogens (tertiary/aromatic N) is 4. The number of aliphatic carboxylic acids is 2. The zero-order valence-electron chi connectivity index (χ0n) is 13.5. The van der Waals surface area contributed by atoms with Gasteiger partial charge in [-0.3, -0.25) is 9.59 Å². The van der Waals surface area contributed by atoms with Gasteiger partial charge in [-0.05, 0) is 6.07 Å². The number of aromatic nitrogens is 4. The molecule has 2 N–H and O–H groups in total. The van der Waals surface area contributed by atoms with Crippen LogP contribution in [0, 0.1) is 0 Å². The van der Waals surface area contributed by atoms with E-state index in [0.717, 1.165) is 0 Å². The van der Waals surface area contributed by atoms with Crippen molar-refractivity contribution in [3.05, 3.63) is 36.0 Å². The van der Waals surface area contributed by atoms with Crippen molar-refractivity contribution >= 4 is 11.9 Å². The highest BCUT2D eigenvalue weighted by atomic mass is 16.5. The molecule has 0 amide bonds. The first kappa shape index (κ1) is 17.3. The molecule has 134 valence electrons. The number of aryl methyl sites for hydroxylation is 2. The first-order valence-electron chi connectivity index (χ1n) is 7.71. The van der Waals surface area contributed by atoms with Crippen LogP contribution in [0.15, 0.2) is 33.3 Å². The van der Waals surface area contributed by atoms with Gasteiger partial charge >= 0.3 is 11.9 Å². The smallest absolute Gasteiger partial charge is 0.303 e. The molecule has 2 heterocycles. The molecule has 10 nitrogen and oxygen atoms in total. The minimum atomic E-state index is -0.942. The van der Waals surface area contributed by atoms with Crippen LogP contribution < -0.4 is 0 Å². The third-order valence-electron chi connectivity index (χ3n) is 3.42. The maximum atomic E-state index is 10.6. The third-order valence-corrected chi connectivity index (χ3v) is 3.42. The summed E-state index contributed by atoms with van der Waals surface area (Å²) in [7, 11) is 0. The molecule has 1 aromatic carbocycles. The van der Waals surface area contributed by atoms with Crippen LogP contribution in [0.1, 0.15) is 24.6 Å². The summed E-state index contributed by atoms with van der Waals surface area (Å²) < 4.78 is 10.1. The van der Waals surface area contributed by atoms with E-state index in [0.29, 0.717) is 22.8 Å². The molecular formula is C16H14N4O6. The van der Waals surface area contributed by atoms with E-state index in [1.807, 2.05) is 0 Å². The summed E-state index contributed by atoms with van der Waals surface area (Å²) in [5.74, 6) is -0.763. The number of hydrogen-bond donors (Lipinski definition) is 2. The first-order chi connectivity index (χ1) is 12.5. The van der Waals surface area contributed by atoms with E-state index in [1.165, 1.54) is 0 Å². The van der Waals surface area contributed by atoms with Gasteiger partial charge in [-0.15, -0.1) is 0 Å². The molecule has 0 aliphatic rings. The molecule has 26 heavy (non-hydrogen) atoms. The Balaban J connectivity index is 1.76. The van der Waals surface area contributed by atoms with Gasteiger partial charge in [-0.1, -0.05) is 28.5 Å². The number of carbonyl (C=O) groups is 2. The van der Waals surface area contributed by atoms with Crippen molar-refractivity contribution in [3.8, 4) is 22.8 Å². The summed E-state index contributed by atoms with van der Waals surface area (Å²) in [5.41, 5.74) is 1.29. The second-order valence-electron chi connectivity index (χ2n) is 5.39. The number of carboxylic acids is 2. The molecule has 0 unspecified atom stereocenters. The second-order valence-corrected chi connectivity index (χ2v) is 5.39. The molecule has 0 fully saturated rings. The van der Waals surface area contributed by atoms with Crippen molar-refractivity contribution in [3.63, 3.8) is 0 Å². The van der Waals surface area contributed by atoms with Gasteiger partial charge in [0.1, 0.15) is 0 Å². The maximum absolute atomic E-state index is 10.6. The number of hydrogen-bond acceptors (Lipinski definition) is 8. The molecule has 0 atom stereocenters. The molecule has 3 aromatic rings. The summed E-state index contributed by atoms with van der Waals surface area (Å²) in [6, 6.07) is 7.02. The lowest BCUT2D eigenvalue weighted by atomic mass is 10.1. The highest BCUT2D eigenvalue weighted by Gasteiger charge is 2.14. The molecule has 2 aromatic heterocycles.